The highest BCUT2D eigenvalue weighted by molar-refractivity contribution is 9.10. The first-order chi connectivity index (χ1) is 27.1. The lowest BCUT2D eigenvalue weighted by atomic mass is 9.92. The predicted molar refractivity (Wildman–Crippen MR) is 236 cm³/mol. The average molecular weight is 987 g/mol. The van der Waals surface area contributed by atoms with Gasteiger partial charge >= 0.3 is 0 Å². The molecule has 0 spiro atoms. The number of carbonyl (C=O) groups is 4. The van der Waals surface area contributed by atoms with Crippen LogP contribution in [0.5, 0.6) is 23.0 Å². The molecule has 3 aliphatic rings. The van der Waals surface area contributed by atoms with Gasteiger partial charge in [-0.05, 0) is 90.9 Å². The molecule has 0 fully saturated rings. The summed E-state index contributed by atoms with van der Waals surface area (Å²) in [4.78, 5) is 46.8. The zero-order valence-corrected chi connectivity index (χ0v) is 38.4. The number of benzene rings is 4. The summed E-state index contributed by atoms with van der Waals surface area (Å²) in [7, 11) is 0. The number of hydrogen-bond acceptors (Lipinski definition) is 10. The molecule has 4 aromatic rings. The van der Waals surface area contributed by atoms with Crippen LogP contribution in [0.1, 0.15) is 81.1 Å². The van der Waals surface area contributed by atoms with E-state index in [1.807, 2.05) is 43.3 Å². The Hall–Kier alpha value is -4.46. The number of halogens is 3. The second kappa shape index (κ2) is 19.1. The third kappa shape index (κ3) is 11.8. The lowest BCUT2D eigenvalue weighted by Crippen LogP contribution is -2.42. The minimum Gasteiger partial charge on any atom is -0.506 e. The minimum atomic E-state index is -0.803. The Morgan fingerprint density at radius 2 is 1.09 bits per heavy atom. The maximum atomic E-state index is 11.8. The van der Waals surface area contributed by atoms with Gasteiger partial charge in [-0.15, -0.1) is 0 Å². The first-order valence-electron chi connectivity index (χ1n) is 18.4. The van der Waals surface area contributed by atoms with E-state index in [9.17, 15) is 19.2 Å². The number of alkyl halides is 1. The number of fused-ring (bicyclic) bond motifs is 3. The molecule has 0 aliphatic carbocycles. The van der Waals surface area contributed by atoms with E-state index < -0.39 is 16.8 Å². The van der Waals surface area contributed by atoms with E-state index in [0.29, 0.717) is 48.6 Å². The molecule has 0 saturated carbocycles. The smallest absolute Gasteiger partial charge is 0.180 e. The number of anilines is 1. The van der Waals surface area contributed by atoms with Gasteiger partial charge < -0.3 is 29.8 Å². The second-order valence-corrected chi connectivity index (χ2v) is 17.5. The van der Waals surface area contributed by atoms with Gasteiger partial charge in [0.2, 0.25) is 0 Å². The fourth-order valence-electron chi connectivity index (χ4n) is 5.71. The number of phenols is 1. The van der Waals surface area contributed by atoms with Crippen molar-refractivity contribution in [3.05, 3.63) is 116 Å². The van der Waals surface area contributed by atoms with Gasteiger partial charge in [-0.2, -0.15) is 0 Å². The molecule has 0 amide bonds. The van der Waals surface area contributed by atoms with Crippen molar-refractivity contribution in [2.45, 2.75) is 84.5 Å². The zero-order chi connectivity index (χ0) is 43.2. The van der Waals surface area contributed by atoms with Crippen LogP contribution >= 0.6 is 47.8 Å². The average Bonchev–Trinajstić information content (AvgIpc) is 3.14. The summed E-state index contributed by atoms with van der Waals surface area (Å²) in [5.41, 5.74) is 7.71. The number of carbonyl (C=O) groups excluding carboxylic acids is 4. The third-order valence-electron chi connectivity index (χ3n) is 9.40. The largest absolute Gasteiger partial charge is 0.506 e. The summed E-state index contributed by atoms with van der Waals surface area (Å²) in [5, 5.41) is 9.23. The fraction of sp³-hybridized carbons (Fsp3) is 0.333. The van der Waals surface area contributed by atoms with E-state index >= 15 is 0 Å². The number of hydrogen-bond donors (Lipinski definition) is 2. The van der Waals surface area contributed by atoms with E-state index in [1.54, 1.807) is 77.9 Å². The standard InChI is InChI=1S/C15H18O3.C13H13BrO3.C11H11BrO2.C6H6BrNO/c1-5-17-10(2)11-6-7-12-9-14(16)15(3,4)18-13(12)8-11;1-13(2)12(16)6-9-4-3-8(10(15)7-14)5-11(9)17-13;1-11(2)10(13)5-7-3-4-8(12)6-9(7)14-11;7-4-1-2-5(8)6(9)3-4/h6-8H,2,5,9H2,1,3-4H3;3-5H,6-7H2,1-2H3;3-4,6H,5H2,1-2H3;1-3,9H,8H2. The summed E-state index contributed by atoms with van der Waals surface area (Å²) in [5.74, 6) is 3.24. The predicted octanol–water partition coefficient (Wildman–Crippen LogP) is 9.99. The van der Waals surface area contributed by atoms with Crippen LogP contribution in [0, 0.1) is 0 Å². The number of nitrogen functional groups attached to an aromatic ring is 1. The Bertz CT molecular complexity index is 2230. The van der Waals surface area contributed by atoms with Crippen LogP contribution in [0.2, 0.25) is 0 Å². The summed E-state index contributed by atoms with van der Waals surface area (Å²) in [6, 6.07) is 21.7. The molecule has 4 aromatic carbocycles. The molecule has 7 rings (SSSR count). The molecular weight excluding hydrogens is 938 g/mol. The molecule has 0 atom stereocenters. The molecule has 0 radical (unpaired) electrons. The molecule has 308 valence electrons. The van der Waals surface area contributed by atoms with Crippen LogP contribution in [0.25, 0.3) is 5.76 Å². The maximum Gasteiger partial charge on any atom is 0.180 e. The Labute approximate surface area is 364 Å². The highest BCUT2D eigenvalue weighted by atomic mass is 79.9. The number of phenolic OH excluding ortho intramolecular Hbond substituents is 1. The van der Waals surface area contributed by atoms with Gasteiger partial charge in [0.25, 0.3) is 0 Å². The second-order valence-electron chi connectivity index (χ2n) is 15.2. The monoisotopic (exact) mass is 983 g/mol. The van der Waals surface area contributed by atoms with Crippen molar-refractivity contribution in [2.24, 2.45) is 0 Å². The molecular formula is C45H48Br3NO9. The fourth-order valence-corrected chi connectivity index (χ4v) is 6.72. The van der Waals surface area contributed by atoms with Crippen molar-refractivity contribution in [3.8, 4) is 23.0 Å². The van der Waals surface area contributed by atoms with Crippen LogP contribution in [0.15, 0.2) is 88.3 Å². The first kappa shape index (κ1) is 46.2. The van der Waals surface area contributed by atoms with Crippen LogP contribution in [0.4, 0.5) is 5.69 Å². The van der Waals surface area contributed by atoms with Gasteiger partial charge in [0.15, 0.2) is 39.9 Å². The Balaban J connectivity index is 0.000000176. The van der Waals surface area contributed by atoms with E-state index in [-0.39, 0.29) is 34.2 Å². The highest BCUT2D eigenvalue weighted by Crippen LogP contribution is 2.35. The lowest BCUT2D eigenvalue weighted by Gasteiger charge is -2.31. The summed E-state index contributed by atoms with van der Waals surface area (Å²) in [6.45, 7) is 17.1. The van der Waals surface area contributed by atoms with Gasteiger partial charge in [0.05, 0.1) is 17.6 Å². The van der Waals surface area contributed by atoms with Crippen molar-refractivity contribution in [3.63, 3.8) is 0 Å². The highest BCUT2D eigenvalue weighted by Gasteiger charge is 2.37. The van der Waals surface area contributed by atoms with E-state index in [1.165, 1.54) is 0 Å². The Kier molecular flexibility index (Phi) is 15.2. The summed E-state index contributed by atoms with van der Waals surface area (Å²) in [6.07, 6.45) is 1.25. The number of Topliss-reactive ketones (excluding diaryl/α,β-unsaturated/α-hetero) is 4. The third-order valence-corrected chi connectivity index (χ3v) is 10.9. The molecule has 58 heavy (non-hydrogen) atoms. The Morgan fingerprint density at radius 1 is 0.690 bits per heavy atom. The molecule has 0 saturated heterocycles. The lowest BCUT2D eigenvalue weighted by molar-refractivity contribution is -0.133. The van der Waals surface area contributed by atoms with E-state index in [2.05, 4.69) is 54.4 Å². The molecule has 0 aromatic heterocycles. The number of ether oxygens (including phenoxy) is 4. The van der Waals surface area contributed by atoms with Crippen LogP contribution in [0.3, 0.4) is 0 Å². The van der Waals surface area contributed by atoms with Gasteiger partial charge in [-0.3, -0.25) is 19.2 Å². The van der Waals surface area contributed by atoms with Crippen molar-refractivity contribution in [1.29, 1.82) is 0 Å². The summed E-state index contributed by atoms with van der Waals surface area (Å²) >= 11 is 9.69. The molecule has 0 bridgehead atoms. The van der Waals surface area contributed by atoms with Crippen LogP contribution < -0.4 is 19.9 Å². The molecule has 13 heteroatoms. The number of aromatic hydroxyl groups is 1. The van der Waals surface area contributed by atoms with Gasteiger partial charge in [0, 0.05) is 56.0 Å². The molecule has 3 heterocycles. The number of rotatable bonds is 5. The maximum absolute atomic E-state index is 11.8. The molecule has 3 aliphatic heterocycles. The normalized spacial score (nSPS) is 16.2. The van der Waals surface area contributed by atoms with E-state index in [0.717, 1.165) is 42.7 Å². The SMILES string of the molecule is C=C(OCC)c1ccc2c(c1)OC(C)(C)C(=O)C2.CC1(C)Oc2cc(Br)ccc2CC1=O.CC1(C)Oc2cc(C(=O)CBr)ccc2CC1=O.Nc1ccc(Br)cc1O. The quantitative estimate of drug-likeness (QED) is 0.0650. The van der Waals surface area contributed by atoms with Crippen LogP contribution in [-0.4, -0.2) is 57.0 Å². The molecule has 10 nitrogen and oxygen atoms in total. The molecule has 0 unspecified atom stereocenters. The van der Waals surface area contributed by atoms with Crippen LogP contribution in [-0.2, 0) is 38.4 Å². The summed E-state index contributed by atoms with van der Waals surface area (Å²) < 4.78 is 24.2. The Morgan fingerprint density at radius 3 is 1.52 bits per heavy atom. The number of nitrogens with two attached hydrogens (primary N) is 1. The van der Waals surface area contributed by atoms with Crippen molar-refractivity contribution in [1.82, 2.24) is 0 Å². The van der Waals surface area contributed by atoms with Crippen molar-refractivity contribution < 1.29 is 43.2 Å². The van der Waals surface area contributed by atoms with Crippen molar-refractivity contribution in [2.75, 3.05) is 17.7 Å². The van der Waals surface area contributed by atoms with Gasteiger partial charge in [-0.25, -0.2) is 0 Å². The molecule has 3 N–H and O–H groups in total. The topological polar surface area (TPSA) is 151 Å². The zero-order valence-electron chi connectivity index (χ0n) is 33.6. The van der Waals surface area contributed by atoms with E-state index in [4.69, 9.17) is 29.8 Å². The van der Waals surface area contributed by atoms with Gasteiger partial charge in [-0.1, -0.05) is 84.7 Å². The first-order valence-corrected chi connectivity index (χ1v) is 21.1. The minimum absolute atomic E-state index is 0.00565. The number of ketones is 4. The van der Waals surface area contributed by atoms with Crippen molar-refractivity contribution >= 4 is 82.4 Å². The van der Waals surface area contributed by atoms with Gasteiger partial charge in [0.1, 0.15) is 28.8 Å².